The maximum absolute atomic E-state index is 12.6. The number of rotatable bonds is 5. The first-order valence-corrected chi connectivity index (χ1v) is 9.18. The number of amides is 1. The molecule has 0 saturated carbocycles. The Balaban J connectivity index is 1.68. The zero-order chi connectivity index (χ0) is 16.9. The van der Waals surface area contributed by atoms with E-state index in [9.17, 15) is 4.79 Å². The van der Waals surface area contributed by atoms with Gasteiger partial charge in [-0.15, -0.1) is 10.2 Å². The number of piperidine rings is 1. The number of aryl methyl sites for hydroxylation is 1. The largest absolute Gasteiger partial charge is 0.370 e. The molecule has 1 fully saturated rings. The highest BCUT2D eigenvalue weighted by Crippen LogP contribution is 2.29. The van der Waals surface area contributed by atoms with Gasteiger partial charge in [0, 0.05) is 20.1 Å². The van der Waals surface area contributed by atoms with E-state index >= 15 is 0 Å². The van der Waals surface area contributed by atoms with E-state index in [4.69, 9.17) is 0 Å². The molecule has 128 valence electrons. The van der Waals surface area contributed by atoms with Crippen LogP contribution in [0.2, 0.25) is 0 Å². The summed E-state index contributed by atoms with van der Waals surface area (Å²) in [5.41, 5.74) is 2.00. The van der Waals surface area contributed by atoms with E-state index < -0.39 is 0 Å². The number of nitrogens with one attached hydrogen (secondary N) is 1. The number of thioether (sulfide) groups is 1. The number of hydrogen-bond donors (Lipinski definition) is 1. The highest BCUT2D eigenvalue weighted by atomic mass is 32.2. The maximum Gasteiger partial charge on any atom is 0.237 e. The molecule has 6 nitrogen and oxygen atoms in total. The molecule has 1 aromatic heterocycles. The van der Waals surface area contributed by atoms with Crippen LogP contribution in [0.4, 0.5) is 11.4 Å². The second-order valence-corrected chi connectivity index (χ2v) is 7.35. The van der Waals surface area contributed by atoms with Gasteiger partial charge in [-0.3, -0.25) is 4.79 Å². The van der Waals surface area contributed by atoms with Gasteiger partial charge in [0.1, 0.15) is 6.33 Å². The van der Waals surface area contributed by atoms with Crippen molar-refractivity contribution < 1.29 is 4.79 Å². The first-order chi connectivity index (χ1) is 11.6. The van der Waals surface area contributed by atoms with E-state index in [1.165, 1.54) is 31.0 Å². The lowest BCUT2D eigenvalue weighted by Crippen LogP contribution is -2.31. The van der Waals surface area contributed by atoms with Crippen molar-refractivity contribution in [3.8, 4) is 0 Å². The third kappa shape index (κ3) is 3.90. The quantitative estimate of drug-likeness (QED) is 0.844. The van der Waals surface area contributed by atoms with Gasteiger partial charge in [0.15, 0.2) is 5.16 Å². The highest BCUT2D eigenvalue weighted by Gasteiger charge is 2.20. The molecule has 3 rings (SSSR count). The van der Waals surface area contributed by atoms with Gasteiger partial charge in [-0.2, -0.15) is 0 Å². The van der Waals surface area contributed by atoms with Gasteiger partial charge in [-0.25, -0.2) is 0 Å². The van der Waals surface area contributed by atoms with Crippen molar-refractivity contribution in [2.24, 2.45) is 7.05 Å². The fourth-order valence-corrected chi connectivity index (χ4v) is 3.61. The Morgan fingerprint density at radius 3 is 2.71 bits per heavy atom. The monoisotopic (exact) mass is 345 g/mol. The van der Waals surface area contributed by atoms with Crippen LogP contribution in [0.15, 0.2) is 35.7 Å². The molecule has 24 heavy (non-hydrogen) atoms. The molecule has 1 N–H and O–H groups in total. The molecular formula is C17H23N5OS. The molecule has 0 radical (unpaired) electrons. The third-order valence-electron chi connectivity index (χ3n) is 4.18. The lowest BCUT2D eigenvalue weighted by atomic mass is 10.1. The molecular weight excluding hydrogens is 322 g/mol. The summed E-state index contributed by atoms with van der Waals surface area (Å²) < 4.78 is 1.82. The zero-order valence-corrected chi connectivity index (χ0v) is 14.9. The van der Waals surface area contributed by atoms with E-state index in [0.29, 0.717) is 0 Å². The Morgan fingerprint density at radius 2 is 2.00 bits per heavy atom. The maximum atomic E-state index is 12.6. The Labute approximate surface area is 146 Å². The minimum Gasteiger partial charge on any atom is -0.370 e. The van der Waals surface area contributed by atoms with Crippen LogP contribution in [0, 0.1) is 0 Å². The van der Waals surface area contributed by atoms with Crippen LogP contribution < -0.4 is 10.2 Å². The lowest BCUT2D eigenvalue weighted by molar-refractivity contribution is -0.115. The van der Waals surface area contributed by atoms with Gasteiger partial charge in [0.2, 0.25) is 5.91 Å². The summed E-state index contributed by atoms with van der Waals surface area (Å²) in [5.74, 6) is -0.0209. The number of anilines is 2. The summed E-state index contributed by atoms with van der Waals surface area (Å²) in [7, 11) is 1.87. The summed E-state index contributed by atoms with van der Waals surface area (Å²) in [6.45, 7) is 3.99. The summed E-state index contributed by atoms with van der Waals surface area (Å²) in [6.07, 6.45) is 5.34. The van der Waals surface area contributed by atoms with Crippen LogP contribution in [0.1, 0.15) is 26.2 Å². The number of nitrogens with zero attached hydrogens (tertiary/aromatic N) is 4. The molecule has 1 aliphatic rings. The normalized spacial score (nSPS) is 16.0. The van der Waals surface area contributed by atoms with Gasteiger partial charge in [0.05, 0.1) is 16.6 Å². The SMILES string of the molecule is C[C@@H](Sc1nncn1C)C(=O)Nc1ccccc1N1CCCCC1. The average molecular weight is 345 g/mol. The average Bonchev–Trinajstić information content (AvgIpc) is 3.01. The number of aromatic nitrogens is 3. The molecule has 0 spiro atoms. The van der Waals surface area contributed by atoms with Crippen LogP contribution in [0.25, 0.3) is 0 Å². The summed E-state index contributed by atoms with van der Waals surface area (Å²) in [6, 6.07) is 8.05. The minimum atomic E-state index is -0.248. The molecule has 1 saturated heterocycles. The summed E-state index contributed by atoms with van der Waals surface area (Å²) >= 11 is 1.41. The van der Waals surface area contributed by atoms with Crippen LogP contribution in [-0.2, 0) is 11.8 Å². The molecule has 2 aromatic rings. The second-order valence-electron chi connectivity index (χ2n) is 6.04. The molecule has 0 unspecified atom stereocenters. The molecule has 7 heteroatoms. The van der Waals surface area contributed by atoms with Crippen molar-refractivity contribution in [3.05, 3.63) is 30.6 Å². The Kier molecular flexibility index (Phi) is 5.40. The molecule has 1 atom stereocenters. The van der Waals surface area contributed by atoms with Gasteiger partial charge < -0.3 is 14.8 Å². The smallest absolute Gasteiger partial charge is 0.237 e. The fourth-order valence-electron chi connectivity index (χ4n) is 2.82. The Hall–Kier alpha value is -2.02. The Bertz CT molecular complexity index is 696. The number of para-hydroxylation sites is 2. The van der Waals surface area contributed by atoms with Crippen molar-refractivity contribution >= 4 is 29.0 Å². The van der Waals surface area contributed by atoms with Crippen molar-refractivity contribution in [2.45, 2.75) is 36.6 Å². The van der Waals surface area contributed by atoms with Gasteiger partial charge in [-0.05, 0) is 38.3 Å². The first-order valence-electron chi connectivity index (χ1n) is 8.30. The molecule has 1 amide bonds. The van der Waals surface area contributed by atoms with Crippen LogP contribution >= 0.6 is 11.8 Å². The van der Waals surface area contributed by atoms with Crippen molar-refractivity contribution in [3.63, 3.8) is 0 Å². The molecule has 0 aliphatic carbocycles. The van der Waals surface area contributed by atoms with Crippen LogP contribution in [-0.4, -0.2) is 39.0 Å². The zero-order valence-electron chi connectivity index (χ0n) is 14.1. The third-order valence-corrected chi connectivity index (χ3v) is 5.33. The molecule has 0 bridgehead atoms. The number of carbonyl (C=O) groups is 1. The molecule has 2 heterocycles. The first kappa shape index (κ1) is 16.8. The second kappa shape index (κ2) is 7.70. The lowest BCUT2D eigenvalue weighted by Gasteiger charge is -2.30. The van der Waals surface area contributed by atoms with E-state index in [1.54, 1.807) is 6.33 Å². The standard InChI is InChI=1S/C17H23N5OS/c1-13(24-17-20-18-12-21(17)2)16(23)19-14-8-4-5-9-15(14)22-10-6-3-7-11-22/h4-5,8-9,12-13H,3,6-7,10-11H2,1-2H3,(H,19,23)/t13-/m1/s1. The van der Waals surface area contributed by atoms with E-state index in [2.05, 4.69) is 26.5 Å². The van der Waals surface area contributed by atoms with E-state index in [1.807, 2.05) is 36.7 Å². The predicted molar refractivity (Wildman–Crippen MR) is 97.5 cm³/mol. The fraction of sp³-hybridized carbons (Fsp3) is 0.471. The van der Waals surface area contributed by atoms with Gasteiger partial charge >= 0.3 is 0 Å². The minimum absolute atomic E-state index is 0.0209. The summed E-state index contributed by atoms with van der Waals surface area (Å²) in [4.78, 5) is 14.9. The topological polar surface area (TPSA) is 63.1 Å². The van der Waals surface area contributed by atoms with E-state index in [0.717, 1.165) is 29.6 Å². The van der Waals surface area contributed by atoms with Crippen LogP contribution in [0.3, 0.4) is 0 Å². The Morgan fingerprint density at radius 1 is 1.25 bits per heavy atom. The van der Waals surface area contributed by atoms with Gasteiger partial charge in [-0.1, -0.05) is 23.9 Å². The number of benzene rings is 1. The van der Waals surface area contributed by atoms with Gasteiger partial charge in [0.25, 0.3) is 0 Å². The number of carbonyl (C=O) groups excluding carboxylic acids is 1. The van der Waals surface area contributed by atoms with E-state index in [-0.39, 0.29) is 11.2 Å². The van der Waals surface area contributed by atoms with Crippen molar-refractivity contribution in [2.75, 3.05) is 23.3 Å². The highest BCUT2D eigenvalue weighted by molar-refractivity contribution is 8.00. The predicted octanol–water partition coefficient (Wildman–Crippen LogP) is 2.92. The number of hydrogen-bond acceptors (Lipinski definition) is 5. The van der Waals surface area contributed by atoms with Crippen molar-refractivity contribution in [1.29, 1.82) is 0 Å². The molecule has 1 aromatic carbocycles. The molecule has 1 aliphatic heterocycles. The van der Waals surface area contributed by atoms with Crippen molar-refractivity contribution in [1.82, 2.24) is 14.8 Å². The summed E-state index contributed by atoms with van der Waals surface area (Å²) in [5, 5.41) is 11.4. The van der Waals surface area contributed by atoms with Crippen LogP contribution in [0.5, 0.6) is 0 Å².